The highest BCUT2D eigenvalue weighted by atomic mass is 35.5. The lowest BCUT2D eigenvalue weighted by molar-refractivity contribution is 0.413. The van der Waals surface area contributed by atoms with Crippen LogP contribution in [0.15, 0.2) is 18.2 Å². The molecule has 1 fully saturated rings. The van der Waals surface area contributed by atoms with E-state index >= 15 is 0 Å². The van der Waals surface area contributed by atoms with Crippen molar-refractivity contribution in [3.8, 4) is 5.75 Å². The first kappa shape index (κ1) is 12.7. The lowest BCUT2D eigenvalue weighted by Crippen LogP contribution is -2.34. The van der Waals surface area contributed by atoms with Crippen LogP contribution in [0.4, 0.5) is 0 Å². The molecule has 0 spiro atoms. The van der Waals surface area contributed by atoms with E-state index in [1.54, 1.807) is 7.11 Å². The molecule has 0 aromatic heterocycles. The van der Waals surface area contributed by atoms with Gasteiger partial charge in [0.25, 0.3) is 0 Å². The summed E-state index contributed by atoms with van der Waals surface area (Å²) in [6.45, 7) is 5.46. The number of hydrogen-bond acceptors (Lipinski definition) is 2. The fourth-order valence-corrected chi connectivity index (χ4v) is 2.13. The van der Waals surface area contributed by atoms with E-state index in [1.165, 1.54) is 18.4 Å². The van der Waals surface area contributed by atoms with Crippen molar-refractivity contribution < 1.29 is 4.74 Å². The maximum Gasteiger partial charge on any atom is 0.137 e. The van der Waals surface area contributed by atoms with Crippen LogP contribution < -0.4 is 10.1 Å². The molecular formula is C14H20ClNO. The number of halogens is 1. The highest BCUT2D eigenvalue weighted by Crippen LogP contribution is 2.31. The first-order valence-electron chi connectivity index (χ1n) is 6.10. The van der Waals surface area contributed by atoms with Crippen LogP contribution in [0.3, 0.4) is 0 Å². The Balaban J connectivity index is 2.10. The number of ether oxygens (including phenoxy) is 1. The first-order valence-corrected chi connectivity index (χ1v) is 6.48. The van der Waals surface area contributed by atoms with Crippen molar-refractivity contribution in [2.45, 2.75) is 38.1 Å². The summed E-state index contributed by atoms with van der Waals surface area (Å²) in [5.41, 5.74) is 1.34. The fraction of sp³-hybridized carbons (Fsp3) is 0.571. The molecule has 0 radical (unpaired) electrons. The molecule has 17 heavy (non-hydrogen) atoms. The fourth-order valence-electron chi connectivity index (χ4n) is 1.88. The van der Waals surface area contributed by atoms with E-state index in [0.717, 1.165) is 18.3 Å². The van der Waals surface area contributed by atoms with Crippen molar-refractivity contribution in [1.82, 2.24) is 5.32 Å². The molecule has 3 heteroatoms. The van der Waals surface area contributed by atoms with E-state index in [9.17, 15) is 0 Å². The van der Waals surface area contributed by atoms with E-state index < -0.39 is 0 Å². The molecule has 0 aliphatic heterocycles. The Hall–Kier alpha value is -0.730. The van der Waals surface area contributed by atoms with Gasteiger partial charge in [0.2, 0.25) is 0 Å². The van der Waals surface area contributed by atoms with Crippen LogP contribution in [0.5, 0.6) is 5.75 Å². The highest BCUT2D eigenvalue weighted by Gasteiger charge is 2.26. The minimum atomic E-state index is 0.0957. The SMILES string of the molecule is COc1ccc(C(C)(C)CNC2CC2)cc1Cl. The van der Waals surface area contributed by atoms with Crippen LogP contribution in [0.1, 0.15) is 32.3 Å². The van der Waals surface area contributed by atoms with Gasteiger partial charge in [0.05, 0.1) is 12.1 Å². The predicted molar refractivity (Wildman–Crippen MR) is 72.1 cm³/mol. The van der Waals surface area contributed by atoms with Crippen molar-refractivity contribution in [2.24, 2.45) is 0 Å². The number of benzene rings is 1. The Morgan fingerprint density at radius 2 is 2.12 bits per heavy atom. The molecule has 2 rings (SSSR count). The third kappa shape index (κ3) is 3.14. The number of hydrogen-bond donors (Lipinski definition) is 1. The molecule has 1 saturated carbocycles. The Bertz CT molecular complexity index is 399. The second kappa shape index (κ2) is 4.87. The van der Waals surface area contributed by atoms with Gasteiger partial charge in [-0.15, -0.1) is 0 Å². The van der Waals surface area contributed by atoms with Gasteiger partial charge < -0.3 is 10.1 Å². The van der Waals surface area contributed by atoms with Crippen LogP contribution in [-0.4, -0.2) is 19.7 Å². The summed E-state index contributed by atoms with van der Waals surface area (Å²) in [5.74, 6) is 0.737. The van der Waals surface area contributed by atoms with Crippen LogP contribution in [-0.2, 0) is 5.41 Å². The van der Waals surface area contributed by atoms with Crippen molar-refractivity contribution in [1.29, 1.82) is 0 Å². The molecule has 1 aromatic carbocycles. The van der Waals surface area contributed by atoms with Gasteiger partial charge in [0.15, 0.2) is 0 Å². The molecular weight excluding hydrogens is 234 g/mol. The zero-order chi connectivity index (χ0) is 12.5. The van der Waals surface area contributed by atoms with E-state index in [4.69, 9.17) is 16.3 Å². The number of methoxy groups -OCH3 is 1. The summed E-state index contributed by atoms with van der Waals surface area (Å²) in [6, 6.07) is 6.79. The van der Waals surface area contributed by atoms with Crippen LogP contribution in [0.25, 0.3) is 0 Å². The molecule has 0 atom stereocenters. The normalized spacial score (nSPS) is 16.0. The van der Waals surface area contributed by atoms with Gasteiger partial charge in [-0.25, -0.2) is 0 Å². The summed E-state index contributed by atoms with van der Waals surface area (Å²) in [5, 5.41) is 4.25. The smallest absolute Gasteiger partial charge is 0.137 e. The lowest BCUT2D eigenvalue weighted by Gasteiger charge is -2.26. The monoisotopic (exact) mass is 253 g/mol. The minimum absolute atomic E-state index is 0.0957. The first-order chi connectivity index (χ1) is 8.03. The molecule has 0 saturated heterocycles. The van der Waals surface area contributed by atoms with Crippen LogP contribution in [0.2, 0.25) is 5.02 Å². The predicted octanol–water partition coefficient (Wildman–Crippen LogP) is 3.38. The molecule has 1 N–H and O–H groups in total. The Morgan fingerprint density at radius 1 is 1.41 bits per heavy atom. The van der Waals surface area contributed by atoms with Crippen LogP contribution in [0, 0.1) is 0 Å². The van der Waals surface area contributed by atoms with Crippen LogP contribution >= 0.6 is 11.6 Å². The third-order valence-electron chi connectivity index (χ3n) is 3.34. The van der Waals surface area contributed by atoms with Gasteiger partial charge in [-0.05, 0) is 30.5 Å². The summed E-state index contributed by atoms with van der Waals surface area (Å²) in [4.78, 5) is 0. The van der Waals surface area contributed by atoms with Gasteiger partial charge in [-0.1, -0.05) is 31.5 Å². The molecule has 1 aliphatic carbocycles. The lowest BCUT2D eigenvalue weighted by atomic mass is 9.84. The van der Waals surface area contributed by atoms with E-state index in [1.807, 2.05) is 12.1 Å². The zero-order valence-electron chi connectivity index (χ0n) is 10.7. The summed E-state index contributed by atoms with van der Waals surface area (Å²) < 4.78 is 5.17. The number of rotatable bonds is 5. The maximum atomic E-state index is 6.17. The molecule has 2 nitrogen and oxygen atoms in total. The zero-order valence-corrected chi connectivity index (χ0v) is 11.5. The van der Waals surface area contributed by atoms with Gasteiger partial charge in [-0.2, -0.15) is 0 Å². The van der Waals surface area contributed by atoms with Gasteiger partial charge in [0, 0.05) is 18.0 Å². The summed E-state index contributed by atoms with van der Waals surface area (Å²) in [7, 11) is 1.64. The minimum Gasteiger partial charge on any atom is -0.495 e. The summed E-state index contributed by atoms with van der Waals surface area (Å²) >= 11 is 6.17. The molecule has 1 aliphatic rings. The standard InChI is InChI=1S/C14H20ClNO/c1-14(2,9-16-11-5-6-11)10-4-7-13(17-3)12(15)8-10/h4,7-8,11,16H,5-6,9H2,1-3H3. The second-order valence-corrected chi connectivity index (χ2v) is 5.80. The highest BCUT2D eigenvalue weighted by molar-refractivity contribution is 6.32. The largest absolute Gasteiger partial charge is 0.495 e. The van der Waals surface area contributed by atoms with Gasteiger partial charge in [-0.3, -0.25) is 0 Å². The molecule has 94 valence electrons. The van der Waals surface area contributed by atoms with E-state index in [-0.39, 0.29) is 5.41 Å². The third-order valence-corrected chi connectivity index (χ3v) is 3.64. The molecule has 1 aromatic rings. The molecule has 0 heterocycles. The molecule has 0 bridgehead atoms. The van der Waals surface area contributed by atoms with Crippen molar-refractivity contribution in [2.75, 3.05) is 13.7 Å². The Morgan fingerprint density at radius 3 is 2.65 bits per heavy atom. The van der Waals surface area contributed by atoms with Crippen molar-refractivity contribution in [3.63, 3.8) is 0 Å². The van der Waals surface area contributed by atoms with Crippen molar-refractivity contribution >= 4 is 11.6 Å². The van der Waals surface area contributed by atoms with Gasteiger partial charge >= 0.3 is 0 Å². The number of nitrogens with one attached hydrogen (secondary N) is 1. The average molecular weight is 254 g/mol. The van der Waals surface area contributed by atoms with Crippen molar-refractivity contribution in [3.05, 3.63) is 28.8 Å². The molecule has 0 amide bonds. The average Bonchev–Trinajstić information content (AvgIpc) is 3.10. The quantitative estimate of drug-likeness (QED) is 0.869. The van der Waals surface area contributed by atoms with E-state index in [0.29, 0.717) is 5.02 Å². The Kier molecular flexibility index (Phi) is 3.64. The maximum absolute atomic E-state index is 6.17. The Labute approximate surface area is 108 Å². The summed E-state index contributed by atoms with van der Waals surface area (Å²) in [6.07, 6.45) is 2.64. The van der Waals surface area contributed by atoms with E-state index in [2.05, 4.69) is 25.2 Å². The topological polar surface area (TPSA) is 21.3 Å². The molecule has 0 unspecified atom stereocenters. The second-order valence-electron chi connectivity index (χ2n) is 5.39. The van der Waals surface area contributed by atoms with Gasteiger partial charge in [0.1, 0.15) is 5.75 Å².